The molecule has 1 aromatic rings. The zero-order valence-corrected chi connectivity index (χ0v) is 8.27. The standard InChI is InChI=1S/C8H12N4S/c1-2-4-10-6-3-5-11-8(12-6)7(9)13/h3,5H,2,4H2,1H3,(H2,9,13)(H,10,11,12). The second-order valence-corrected chi connectivity index (χ2v) is 3.00. The van der Waals surface area contributed by atoms with Crippen LogP contribution in [0.2, 0.25) is 0 Å². The molecular weight excluding hydrogens is 184 g/mol. The number of nitrogens with two attached hydrogens (primary N) is 1. The van der Waals surface area contributed by atoms with E-state index in [1.54, 1.807) is 12.3 Å². The molecule has 70 valence electrons. The normalized spacial score (nSPS) is 9.62. The van der Waals surface area contributed by atoms with Crippen LogP contribution in [0, 0.1) is 0 Å². The summed E-state index contributed by atoms with van der Waals surface area (Å²) in [4.78, 5) is 8.27. The van der Waals surface area contributed by atoms with Crippen molar-refractivity contribution in [3.63, 3.8) is 0 Å². The minimum Gasteiger partial charge on any atom is -0.387 e. The lowest BCUT2D eigenvalue weighted by atomic mass is 10.4. The highest BCUT2D eigenvalue weighted by molar-refractivity contribution is 7.80. The monoisotopic (exact) mass is 196 g/mol. The van der Waals surface area contributed by atoms with Gasteiger partial charge in [0.25, 0.3) is 0 Å². The zero-order valence-electron chi connectivity index (χ0n) is 7.45. The molecule has 3 N–H and O–H groups in total. The van der Waals surface area contributed by atoms with Crippen LogP contribution < -0.4 is 11.1 Å². The second kappa shape index (κ2) is 4.71. The van der Waals surface area contributed by atoms with Crippen molar-refractivity contribution in [1.82, 2.24) is 9.97 Å². The minimum absolute atomic E-state index is 0.222. The van der Waals surface area contributed by atoms with Gasteiger partial charge >= 0.3 is 0 Å². The fourth-order valence-corrected chi connectivity index (χ4v) is 0.927. The summed E-state index contributed by atoms with van der Waals surface area (Å²) in [6.45, 7) is 2.97. The Kier molecular flexibility index (Phi) is 3.57. The van der Waals surface area contributed by atoms with Gasteiger partial charge in [-0.15, -0.1) is 0 Å². The van der Waals surface area contributed by atoms with Gasteiger partial charge in [0.05, 0.1) is 0 Å². The first-order valence-corrected chi connectivity index (χ1v) is 4.51. The number of rotatable bonds is 4. The van der Waals surface area contributed by atoms with Crippen LogP contribution >= 0.6 is 12.2 Å². The van der Waals surface area contributed by atoms with Gasteiger partial charge < -0.3 is 11.1 Å². The topological polar surface area (TPSA) is 63.8 Å². The van der Waals surface area contributed by atoms with E-state index in [0.717, 1.165) is 18.8 Å². The van der Waals surface area contributed by atoms with Crippen molar-refractivity contribution in [2.75, 3.05) is 11.9 Å². The number of aromatic nitrogens is 2. The predicted octanol–water partition coefficient (Wildman–Crippen LogP) is 0.933. The molecule has 5 heteroatoms. The van der Waals surface area contributed by atoms with E-state index in [1.165, 1.54) is 0 Å². The third kappa shape index (κ3) is 2.95. The van der Waals surface area contributed by atoms with Crippen molar-refractivity contribution in [2.45, 2.75) is 13.3 Å². The smallest absolute Gasteiger partial charge is 0.188 e. The molecule has 13 heavy (non-hydrogen) atoms. The van der Waals surface area contributed by atoms with Gasteiger partial charge in [-0.3, -0.25) is 0 Å². The highest BCUT2D eigenvalue weighted by Gasteiger charge is 2.00. The molecule has 4 nitrogen and oxygen atoms in total. The molecule has 0 unspecified atom stereocenters. The van der Waals surface area contributed by atoms with Gasteiger partial charge in [0.1, 0.15) is 10.8 Å². The molecule has 0 spiro atoms. The summed E-state index contributed by atoms with van der Waals surface area (Å²) >= 11 is 4.76. The van der Waals surface area contributed by atoms with Gasteiger partial charge in [-0.2, -0.15) is 0 Å². The van der Waals surface area contributed by atoms with E-state index in [9.17, 15) is 0 Å². The summed E-state index contributed by atoms with van der Waals surface area (Å²) in [6.07, 6.45) is 2.69. The molecule has 0 saturated carbocycles. The summed E-state index contributed by atoms with van der Waals surface area (Å²) in [5, 5.41) is 3.12. The van der Waals surface area contributed by atoms with E-state index in [2.05, 4.69) is 22.2 Å². The second-order valence-electron chi connectivity index (χ2n) is 2.56. The molecule has 0 aromatic carbocycles. The van der Waals surface area contributed by atoms with Gasteiger partial charge in [-0.25, -0.2) is 9.97 Å². The Balaban J connectivity index is 2.73. The molecule has 0 atom stereocenters. The Morgan fingerprint density at radius 2 is 2.46 bits per heavy atom. The van der Waals surface area contributed by atoms with Crippen molar-refractivity contribution in [3.8, 4) is 0 Å². The maximum absolute atomic E-state index is 5.39. The number of nitrogens with zero attached hydrogens (tertiary/aromatic N) is 2. The summed E-state index contributed by atoms with van der Waals surface area (Å²) in [5.41, 5.74) is 5.39. The van der Waals surface area contributed by atoms with E-state index >= 15 is 0 Å². The van der Waals surface area contributed by atoms with Gasteiger partial charge in [0, 0.05) is 12.7 Å². The number of nitrogens with one attached hydrogen (secondary N) is 1. The van der Waals surface area contributed by atoms with Crippen LogP contribution in [0.25, 0.3) is 0 Å². The number of hydrogen-bond donors (Lipinski definition) is 2. The lowest BCUT2D eigenvalue weighted by Gasteiger charge is -2.03. The number of hydrogen-bond acceptors (Lipinski definition) is 4. The molecule has 0 aliphatic heterocycles. The predicted molar refractivity (Wildman–Crippen MR) is 56.7 cm³/mol. The van der Waals surface area contributed by atoms with Gasteiger partial charge in [0.2, 0.25) is 0 Å². The van der Waals surface area contributed by atoms with Crippen molar-refractivity contribution in [1.29, 1.82) is 0 Å². The molecule has 0 aliphatic rings. The van der Waals surface area contributed by atoms with Gasteiger partial charge in [-0.1, -0.05) is 19.1 Å². The largest absolute Gasteiger partial charge is 0.387 e. The van der Waals surface area contributed by atoms with Gasteiger partial charge in [0.15, 0.2) is 5.82 Å². The van der Waals surface area contributed by atoms with Crippen LogP contribution in [-0.2, 0) is 0 Å². The van der Waals surface area contributed by atoms with Crippen molar-refractivity contribution < 1.29 is 0 Å². The molecule has 1 heterocycles. The molecule has 0 bridgehead atoms. The zero-order chi connectivity index (χ0) is 9.68. The van der Waals surface area contributed by atoms with Crippen molar-refractivity contribution in [2.24, 2.45) is 5.73 Å². The number of thiocarbonyl (C=S) groups is 1. The Morgan fingerprint density at radius 3 is 3.08 bits per heavy atom. The molecular formula is C8H12N4S. The highest BCUT2D eigenvalue weighted by atomic mass is 32.1. The molecule has 0 amide bonds. The quantitative estimate of drug-likeness (QED) is 0.701. The minimum atomic E-state index is 0.222. The Hall–Kier alpha value is -1.23. The highest BCUT2D eigenvalue weighted by Crippen LogP contribution is 2.01. The summed E-state index contributed by atoms with van der Waals surface area (Å²) in [6, 6.07) is 1.79. The summed E-state index contributed by atoms with van der Waals surface area (Å²) < 4.78 is 0. The Labute approximate surface area is 82.6 Å². The van der Waals surface area contributed by atoms with E-state index in [1.807, 2.05) is 0 Å². The first-order chi connectivity index (χ1) is 6.24. The third-order valence-electron chi connectivity index (χ3n) is 1.43. The molecule has 1 aromatic heterocycles. The lowest BCUT2D eigenvalue weighted by Crippen LogP contribution is -2.15. The van der Waals surface area contributed by atoms with Crippen LogP contribution in [0.5, 0.6) is 0 Å². The molecule has 0 saturated heterocycles. The third-order valence-corrected chi connectivity index (χ3v) is 1.61. The maximum Gasteiger partial charge on any atom is 0.188 e. The average molecular weight is 196 g/mol. The van der Waals surface area contributed by atoms with Crippen molar-refractivity contribution in [3.05, 3.63) is 18.1 Å². The summed E-state index contributed by atoms with van der Waals surface area (Å²) in [7, 11) is 0. The fraction of sp³-hybridized carbons (Fsp3) is 0.375. The first-order valence-electron chi connectivity index (χ1n) is 4.10. The molecule has 1 rings (SSSR count). The van der Waals surface area contributed by atoms with Gasteiger partial charge in [-0.05, 0) is 12.5 Å². The van der Waals surface area contributed by atoms with Crippen LogP contribution in [0.15, 0.2) is 12.3 Å². The lowest BCUT2D eigenvalue weighted by molar-refractivity contribution is 0.963. The fourth-order valence-electron chi connectivity index (χ4n) is 0.829. The van der Waals surface area contributed by atoms with Crippen LogP contribution in [0.3, 0.4) is 0 Å². The van der Waals surface area contributed by atoms with Crippen molar-refractivity contribution >= 4 is 23.0 Å². The molecule has 0 radical (unpaired) electrons. The maximum atomic E-state index is 5.39. The first kappa shape index (κ1) is 9.85. The van der Waals surface area contributed by atoms with E-state index in [0.29, 0.717) is 5.82 Å². The molecule has 0 aliphatic carbocycles. The average Bonchev–Trinajstić information content (AvgIpc) is 2.15. The molecule has 0 fully saturated rings. The Morgan fingerprint density at radius 1 is 1.69 bits per heavy atom. The van der Waals surface area contributed by atoms with E-state index in [4.69, 9.17) is 18.0 Å². The number of anilines is 1. The van der Waals surface area contributed by atoms with Crippen LogP contribution in [0.1, 0.15) is 19.2 Å². The summed E-state index contributed by atoms with van der Waals surface area (Å²) in [5.74, 6) is 1.18. The van der Waals surface area contributed by atoms with Crippen LogP contribution in [-0.4, -0.2) is 21.5 Å². The van der Waals surface area contributed by atoms with E-state index < -0.39 is 0 Å². The van der Waals surface area contributed by atoms with Crippen LogP contribution in [0.4, 0.5) is 5.82 Å². The SMILES string of the molecule is CCCNc1ccnc(C(N)=S)n1. The Bertz CT molecular complexity index is 300. The van der Waals surface area contributed by atoms with E-state index in [-0.39, 0.29) is 4.99 Å².